The van der Waals surface area contributed by atoms with E-state index < -0.39 is 23.0 Å². The summed E-state index contributed by atoms with van der Waals surface area (Å²) in [6.45, 7) is 6.71. The van der Waals surface area contributed by atoms with Gasteiger partial charge >= 0.3 is 11.6 Å². The predicted molar refractivity (Wildman–Crippen MR) is 142 cm³/mol. The van der Waals surface area contributed by atoms with Crippen molar-refractivity contribution in [3.05, 3.63) is 74.9 Å². The van der Waals surface area contributed by atoms with Crippen molar-refractivity contribution >= 4 is 40.5 Å². The van der Waals surface area contributed by atoms with Crippen molar-refractivity contribution in [3.8, 4) is 11.6 Å². The van der Waals surface area contributed by atoms with Gasteiger partial charge in [0.2, 0.25) is 0 Å². The van der Waals surface area contributed by atoms with Crippen LogP contribution in [-0.2, 0) is 9.59 Å². The molecule has 0 saturated heterocycles. The molecule has 2 aromatic carbocycles. The number of halogens is 1. The summed E-state index contributed by atoms with van der Waals surface area (Å²) in [6, 6.07) is 11.2. The highest BCUT2D eigenvalue weighted by Gasteiger charge is 2.25. The Morgan fingerprint density at radius 1 is 1.16 bits per heavy atom. The fourth-order valence-electron chi connectivity index (χ4n) is 3.28. The number of carbonyl (C=O) groups is 2. The molecular formula is C25H27ClN6O6. The van der Waals surface area contributed by atoms with Gasteiger partial charge in [-0.25, -0.2) is 10.1 Å². The maximum atomic E-state index is 12.6. The molecule has 3 aromatic rings. The number of anilines is 1. The van der Waals surface area contributed by atoms with Crippen molar-refractivity contribution in [2.45, 2.75) is 39.8 Å². The average Bonchev–Trinajstić information content (AvgIpc) is 3.33. The van der Waals surface area contributed by atoms with Crippen LogP contribution >= 0.6 is 11.6 Å². The van der Waals surface area contributed by atoms with Crippen LogP contribution in [0.2, 0.25) is 5.02 Å². The van der Waals surface area contributed by atoms with Gasteiger partial charge in [0, 0.05) is 10.7 Å². The third-order valence-corrected chi connectivity index (χ3v) is 5.80. The first-order valence-corrected chi connectivity index (χ1v) is 11.8. The lowest BCUT2D eigenvalue weighted by molar-refractivity contribution is -0.385. The molecule has 38 heavy (non-hydrogen) atoms. The van der Waals surface area contributed by atoms with Crippen molar-refractivity contribution in [2.24, 2.45) is 5.10 Å². The number of aromatic nitrogens is 2. The van der Waals surface area contributed by atoms with E-state index >= 15 is 0 Å². The minimum absolute atomic E-state index is 0.192. The minimum Gasteiger partial charge on any atom is -0.481 e. The van der Waals surface area contributed by atoms with Gasteiger partial charge in [-0.05, 0) is 69.2 Å². The van der Waals surface area contributed by atoms with Crippen LogP contribution in [0.25, 0.3) is 0 Å². The van der Waals surface area contributed by atoms with Gasteiger partial charge in [0.05, 0.1) is 17.7 Å². The third kappa shape index (κ3) is 6.85. The number of amides is 2. The number of ether oxygens (including phenoxy) is 2. The molecule has 12 nitrogen and oxygen atoms in total. The number of benzene rings is 2. The summed E-state index contributed by atoms with van der Waals surface area (Å²) in [6.07, 6.45) is 0.376. The second-order valence-corrected chi connectivity index (χ2v) is 8.78. The van der Waals surface area contributed by atoms with E-state index in [9.17, 15) is 19.7 Å². The zero-order chi connectivity index (χ0) is 28.0. The van der Waals surface area contributed by atoms with E-state index in [1.165, 1.54) is 14.0 Å². The molecule has 1 aromatic heterocycles. The largest absolute Gasteiger partial charge is 0.481 e. The minimum atomic E-state index is -0.882. The second-order valence-electron chi connectivity index (χ2n) is 8.35. The normalized spacial score (nSPS) is 12.8. The molecule has 0 aliphatic heterocycles. The number of nitrogens with zero attached hydrogens (tertiary/aromatic N) is 4. The molecule has 0 bridgehead atoms. The quantitative estimate of drug-likeness (QED) is 0.220. The highest BCUT2D eigenvalue weighted by Crippen LogP contribution is 2.26. The Labute approximate surface area is 223 Å². The molecule has 0 radical (unpaired) electrons. The molecule has 1 heterocycles. The number of hydrogen-bond donors (Lipinski definition) is 2. The van der Waals surface area contributed by atoms with Crippen molar-refractivity contribution in [2.75, 3.05) is 12.4 Å². The number of hydrogen-bond acceptors (Lipinski definition) is 8. The fourth-order valence-corrected chi connectivity index (χ4v) is 3.51. The lowest BCUT2D eigenvalue weighted by Crippen LogP contribution is -2.30. The van der Waals surface area contributed by atoms with Crippen LogP contribution in [0.4, 0.5) is 11.4 Å². The zero-order valence-electron chi connectivity index (χ0n) is 21.4. The topological polar surface area (TPSA) is 150 Å². The molecule has 200 valence electrons. The number of nitrogens with one attached hydrogen (secondary N) is 2. The van der Waals surface area contributed by atoms with E-state index in [4.69, 9.17) is 21.1 Å². The highest BCUT2D eigenvalue weighted by atomic mass is 35.5. The van der Waals surface area contributed by atoms with Crippen LogP contribution in [0.1, 0.15) is 37.9 Å². The van der Waals surface area contributed by atoms with Crippen LogP contribution in [0, 0.1) is 17.0 Å². The number of carbonyl (C=O) groups excluding carboxylic acids is 2. The number of methoxy groups -OCH3 is 1. The second kappa shape index (κ2) is 12.2. The smallest absolute Gasteiger partial charge is 0.350 e. The van der Waals surface area contributed by atoms with E-state index in [1.54, 1.807) is 56.3 Å². The van der Waals surface area contributed by atoms with E-state index in [-0.39, 0.29) is 17.5 Å². The summed E-state index contributed by atoms with van der Waals surface area (Å²) < 4.78 is 11.8. The van der Waals surface area contributed by atoms with Gasteiger partial charge in [-0.15, -0.1) is 5.10 Å². The number of rotatable bonds is 10. The molecule has 2 atom stereocenters. The predicted octanol–water partition coefficient (Wildman–Crippen LogP) is 4.27. The van der Waals surface area contributed by atoms with Gasteiger partial charge in [0.15, 0.2) is 6.10 Å². The molecule has 0 saturated carbocycles. The van der Waals surface area contributed by atoms with Crippen LogP contribution in [0.15, 0.2) is 53.8 Å². The Kier molecular flexibility index (Phi) is 9.02. The summed E-state index contributed by atoms with van der Waals surface area (Å²) in [7, 11) is 1.26. The number of aryl methyl sites for hydroxylation is 1. The van der Waals surface area contributed by atoms with Crippen molar-refractivity contribution in [1.29, 1.82) is 0 Å². The van der Waals surface area contributed by atoms with Crippen LogP contribution in [0.3, 0.4) is 0 Å². The molecule has 13 heteroatoms. The number of nitro groups is 1. The maximum absolute atomic E-state index is 12.6. The lowest BCUT2D eigenvalue weighted by atomic mass is 10.1. The molecule has 2 amide bonds. The first-order chi connectivity index (χ1) is 18.0. The molecule has 2 N–H and O–H groups in total. The van der Waals surface area contributed by atoms with Gasteiger partial charge < -0.3 is 14.8 Å². The lowest BCUT2D eigenvalue weighted by Gasteiger charge is -2.16. The van der Waals surface area contributed by atoms with Crippen LogP contribution in [-0.4, -0.2) is 45.4 Å². The molecule has 3 rings (SSSR count). The fraction of sp³-hybridized carbons (Fsp3) is 0.280. The van der Waals surface area contributed by atoms with E-state index in [0.717, 1.165) is 16.4 Å². The molecule has 0 spiro atoms. The van der Waals surface area contributed by atoms with E-state index in [2.05, 4.69) is 20.9 Å². The van der Waals surface area contributed by atoms with Crippen molar-refractivity contribution in [1.82, 2.24) is 15.2 Å². The number of hydrazone groups is 1. The summed E-state index contributed by atoms with van der Waals surface area (Å²) >= 11 is 5.96. The first kappa shape index (κ1) is 28.1. The molecule has 0 aliphatic rings. The first-order valence-electron chi connectivity index (χ1n) is 11.5. The summed E-state index contributed by atoms with van der Waals surface area (Å²) in [4.78, 5) is 35.5. The summed E-state index contributed by atoms with van der Waals surface area (Å²) in [5.74, 6) is -0.476. The Balaban J connectivity index is 1.58. The third-order valence-electron chi connectivity index (χ3n) is 5.56. The van der Waals surface area contributed by atoms with E-state index in [0.29, 0.717) is 27.7 Å². The van der Waals surface area contributed by atoms with Crippen LogP contribution in [0.5, 0.6) is 11.6 Å². The molecular weight excluding hydrogens is 516 g/mol. The van der Waals surface area contributed by atoms with E-state index in [1.807, 2.05) is 6.92 Å². The highest BCUT2D eigenvalue weighted by molar-refractivity contribution is 6.30. The molecule has 0 aliphatic carbocycles. The van der Waals surface area contributed by atoms with Crippen LogP contribution < -0.4 is 20.2 Å². The molecule has 0 fully saturated rings. The SMILES string of the molecule is COc1nn(C(C)C(=O)N/N=C(/C)c2ccc(NC(=O)C(C)Oc3ccc(Cl)cc3C)cc2)cc1[N+](=O)[O-]. The standard InChI is InChI=1S/C25H27ClN6O6/c1-14-12-19(26)8-11-22(14)38-17(4)24(34)27-20-9-6-18(7-10-20)15(2)28-29-23(33)16(3)31-13-21(32(35)36)25(30-31)37-5/h6-13,16-17H,1-5H3,(H,27,34)(H,29,33)/b28-15-. The average molecular weight is 543 g/mol. The van der Waals surface area contributed by atoms with Crippen molar-refractivity contribution in [3.63, 3.8) is 0 Å². The van der Waals surface area contributed by atoms with Gasteiger partial charge in [-0.2, -0.15) is 5.10 Å². The maximum Gasteiger partial charge on any atom is 0.350 e. The van der Waals surface area contributed by atoms with Gasteiger partial charge in [0.25, 0.3) is 11.8 Å². The van der Waals surface area contributed by atoms with Gasteiger partial charge in [-0.3, -0.25) is 19.7 Å². The summed E-state index contributed by atoms with van der Waals surface area (Å²) in [5.41, 5.74) is 4.67. The zero-order valence-corrected chi connectivity index (χ0v) is 22.1. The Bertz CT molecular complexity index is 1370. The Morgan fingerprint density at radius 3 is 2.42 bits per heavy atom. The molecule has 2 unspecified atom stereocenters. The Hall–Kier alpha value is -4.45. The van der Waals surface area contributed by atoms with Gasteiger partial charge in [0.1, 0.15) is 18.0 Å². The summed E-state index contributed by atoms with van der Waals surface area (Å²) in [5, 5.41) is 22.5. The van der Waals surface area contributed by atoms with Gasteiger partial charge in [-0.1, -0.05) is 23.7 Å². The van der Waals surface area contributed by atoms with Crippen molar-refractivity contribution < 1.29 is 24.0 Å². The Morgan fingerprint density at radius 2 is 1.84 bits per heavy atom. The monoisotopic (exact) mass is 542 g/mol.